The van der Waals surface area contributed by atoms with Crippen LogP contribution >= 0.6 is 0 Å². The lowest BCUT2D eigenvalue weighted by Gasteiger charge is -2.29. The van der Waals surface area contributed by atoms with E-state index in [0.29, 0.717) is 6.54 Å². The molecule has 0 aliphatic carbocycles. The molecule has 0 saturated carbocycles. The first-order valence-corrected chi connectivity index (χ1v) is 11.3. The second-order valence-corrected chi connectivity index (χ2v) is 8.45. The van der Waals surface area contributed by atoms with Gasteiger partial charge in [-0.25, -0.2) is 4.39 Å². The second kappa shape index (κ2) is 10.2. The number of nitrogens with zero attached hydrogens (tertiary/aromatic N) is 3. The lowest BCUT2D eigenvalue weighted by molar-refractivity contribution is -0.133. The summed E-state index contributed by atoms with van der Waals surface area (Å²) >= 11 is 0. The van der Waals surface area contributed by atoms with Gasteiger partial charge < -0.3 is 19.3 Å². The average Bonchev–Trinajstić information content (AvgIpc) is 3.19. The molecule has 32 heavy (non-hydrogen) atoms. The molecular weight excluding hydrogens is 409 g/mol. The highest BCUT2D eigenvalue weighted by Gasteiger charge is 2.33. The standard InChI is InChI=1S/C25H32FN3O3/c1-31-21-10-11-22(24(17-21)32-2)23-5-3-14-29(23)25(30)18-27-12-4-13-28(16-15-27)20-8-6-19(26)7-9-20/h6-11,17,23H,3-5,12-16,18H2,1-2H3. The van der Waals surface area contributed by atoms with E-state index >= 15 is 0 Å². The van der Waals surface area contributed by atoms with Gasteiger partial charge in [-0.2, -0.15) is 0 Å². The third-order valence-electron chi connectivity index (χ3n) is 6.51. The van der Waals surface area contributed by atoms with Gasteiger partial charge in [-0.05, 0) is 55.7 Å². The molecule has 4 rings (SSSR count). The smallest absolute Gasteiger partial charge is 0.237 e. The third kappa shape index (κ3) is 4.99. The predicted octanol–water partition coefficient (Wildman–Crippen LogP) is 3.72. The molecule has 2 heterocycles. The molecule has 0 aromatic heterocycles. The molecule has 7 heteroatoms. The summed E-state index contributed by atoms with van der Waals surface area (Å²) in [6.45, 7) is 4.63. The quantitative estimate of drug-likeness (QED) is 0.684. The minimum atomic E-state index is -0.218. The fourth-order valence-electron chi connectivity index (χ4n) is 4.80. The first-order valence-electron chi connectivity index (χ1n) is 11.3. The lowest BCUT2D eigenvalue weighted by atomic mass is 10.0. The third-order valence-corrected chi connectivity index (χ3v) is 6.51. The normalized spacial score (nSPS) is 19.7. The van der Waals surface area contributed by atoms with Gasteiger partial charge in [0.2, 0.25) is 5.91 Å². The van der Waals surface area contributed by atoms with Crippen LogP contribution in [0.2, 0.25) is 0 Å². The second-order valence-electron chi connectivity index (χ2n) is 8.45. The number of carbonyl (C=O) groups excluding carboxylic acids is 1. The minimum Gasteiger partial charge on any atom is -0.497 e. The summed E-state index contributed by atoms with van der Waals surface area (Å²) in [6, 6.07) is 12.5. The van der Waals surface area contributed by atoms with Crippen LogP contribution in [0.5, 0.6) is 11.5 Å². The zero-order chi connectivity index (χ0) is 22.5. The largest absolute Gasteiger partial charge is 0.497 e. The Labute approximate surface area is 189 Å². The number of anilines is 1. The summed E-state index contributed by atoms with van der Waals surface area (Å²) < 4.78 is 24.2. The van der Waals surface area contributed by atoms with Crippen molar-refractivity contribution >= 4 is 11.6 Å². The number of ether oxygens (including phenoxy) is 2. The number of carbonyl (C=O) groups is 1. The predicted molar refractivity (Wildman–Crippen MR) is 123 cm³/mol. The molecule has 1 amide bonds. The maximum absolute atomic E-state index is 13.3. The summed E-state index contributed by atoms with van der Waals surface area (Å²) in [5.74, 6) is 1.46. The van der Waals surface area contributed by atoms with Crippen molar-refractivity contribution < 1.29 is 18.7 Å². The molecule has 0 radical (unpaired) electrons. The molecule has 1 unspecified atom stereocenters. The van der Waals surface area contributed by atoms with Gasteiger partial charge in [0.25, 0.3) is 0 Å². The molecule has 2 aromatic rings. The molecule has 172 valence electrons. The molecule has 2 aliphatic rings. The topological polar surface area (TPSA) is 45.2 Å². The molecule has 1 atom stereocenters. The molecular formula is C25H32FN3O3. The molecule has 0 spiro atoms. The van der Waals surface area contributed by atoms with Crippen molar-refractivity contribution in [1.29, 1.82) is 0 Å². The van der Waals surface area contributed by atoms with Crippen LogP contribution in [-0.2, 0) is 4.79 Å². The summed E-state index contributed by atoms with van der Waals surface area (Å²) in [5.41, 5.74) is 2.07. The van der Waals surface area contributed by atoms with Crippen LogP contribution in [-0.4, -0.2) is 69.2 Å². The molecule has 0 bridgehead atoms. The Balaban J connectivity index is 1.39. The van der Waals surface area contributed by atoms with Gasteiger partial charge in [-0.3, -0.25) is 9.69 Å². The van der Waals surface area contributed by atoms with Gasteiger partial charge in [-0.15, -0.1) is 0 Å². The number of likely N-dealkylation sites (tertiary alicyclic amines) is 1. The molecule has 6 nitrogen and oxygen atoms in total. The van der Waals surface area contributed by atoms with Crippen LogP contribution in [0.4, 0.5) is 10.1 Å². The maximum atomic E-state index is 13.3. The van der Waals surface area contributed by atoms with E-state index in [1.54, 1.807) is 14.2 Å². The summed E-state index contributed by atoms with van der Waals surface area (Å²) in [5, 5.41) is 0. The number of hydrogen-bond acceptors (Lipinski definition) is 5. The molecule has 2 aliphatic heterocycles. The van der Waals surface area contributed by atoms with E-state index < -0.39 is 0 Å². The SMILES string of the molecule is COc1ccc(C2CCCN2C(=O)CN2CCCN(c3ccc(F)cc3)CC2)c(OC)c1. The highest BCUT2D eigenvalue weighted by molar-refractivity contribution is 5.79. The van der Waals surface area contributed by atoms with E-state index in [-0.39, 0.29) is 17.8 Å². The van der Waals surface area contributed by atoms with Crippen molar-refractivity contribution in [3.05, 3.63) is 53.8 Å². The van der Waals surface area contributed by atoms with Crippen molar-refractivity contribution in [2.24, 2.45) is 0 Å². The zero-order valence-corrected chi connectivity index (χ0v) is 18.9. The number of halogens is 1. The van der Waals surface area contributed by atoms with Gasteiger partial charge in [0.1, 0.15) is 17.3 Å². The zero-order valence-electron chi connectivity index (χ0n) is 18.9. The highest BCUT2D eigenvalue weighted by atomic mass is 19.1. The van der Waals surface area contributed by atoms with Crippen molar-refractivity contribution in [3.8, 4) is 11.5 Å². The van der Waals surface area contributed by atoms with E-state index in [1.165, 1.54) is 12.1 Å². The molecule has 0 N–H and O–H groups in total. The van der Waals surface area contributed by atoms with Crippen molar-refractivity contribution in [3.63, 3.8) is 0 Å². The summed E-state index contributed by atoms with van der Waals surface area (Å²) in [6.07, 6.45) is 2.90. The summed E-state index contributed by atoms with van der Waals surface area (Å²) in [7, 11) is 3.29. The van der Waals surface area contributed by atoms with Crippen LogP contribution in [0.25, 0.3) is 0 Å². The first-order chi connectivity index (χ1) is 15.6. The molecule has 2 saturated heterocycles. The number of methoxy groups -OCH3 is 2. The number of rotatable bonds is 6. The van der Waals surface area contributed by atoms with E-state index in [4.69, 9.17) is 9.47 Å². The highest BCUT2D eigenvalue weighted by Crippen LogP contribution is 2.38. The first kappa shape index (κ1) is 22.4. The fraction of sp³-hybridized carbons (Fsp3) is 0.480. The van der Waals surface area contributed by atoms with E-state index in [1.807, 2.05) is 35.2 Å². The Morgan fingerprint density at radius 3 is 2.53 bits per heavy atom. The van der Waals surface area contributed by atoms with Crippen LogP contribution in [0, 0.1) is 5.82 Å². The maximum Gasteiger partial charge on any atom is 0.237 e. The molecule has 2 fully saturated rings. The molecule has 2 aromatic carbocycles. The van der Waals surface area contributed by atoms with Crippen LogP contribution in [0.15, 0.2) is 42.5 Å². The summed E-state index contributed by atoms with van der Waals surface area (Å²) in [4.78, 5) is 19.8. The van der Waals surface area contributed by atoms with Crippen molar-refractivity contribution in [1.82, 2.24) is 9.80 Å². The Morgan fingerprint density at radius 1 is 0.969 bits per heavy atom. The Bertz CT molecular complexity index is 921. The number of amides is 1. The van der Waals surface area contributed by atoms with Crippen LogP contribution in [0.3, 0.4) is 0 Å². The van der Waals surface area contributed by atoms with Gasteiger partial charge in [0.15, 0.2) is 0 Å². The number of hydrogen-bond donors (Lipinski definition) is 0. The van der Waals surface area contributed by atoms with Crippen LogP contribution in [0.1, 0.15) is 30.9 Å². The van der Waals surface area contributed by atoms with Crippen molar-refractivity contribution in [2.45, 2.75) is 25.3 Å². The fourth-order valence-corrected chi connectivity index (χ4v) is 4.80. The van der Waals surface area contributed by atoms with E-state index in [0.717, 1.165) is 74.7 Å². The van der Waals surface area contributed by atoms with Crippen molar-refractivity contribution in [2.75, 3.05) is 58.4 Å². The van der Waals surface area contributed by atoms with Gasteiger partial charge in [0, 0.05) is 50.0 Å². The van der Waals surface area contributed by atoms with Gasteiger partial charge in [0.05, 0.1) is 26.8 Å². The van der Waals surface area contributed by atoms with E-state index in [9.17, 15) is 9.18 Å². The monoisotopic (exact) mass is 441 g/mol. The Morgan fingerprint density at radius 2 is 1.78 bits per heavy atom. The Hall–Kier alpha value is -2.80. The van der Waals surface area contributed by atoms with Gasteiger partial charge in [-0.1, -0.05) is 0 Å². The van der Waals surface area contributed by atoms with Crippen LogP contribution < -0.4 is 14.4 Å². The lowest BCUT2D eigenvalue weighted by Crippen LogP contribution is -2.41. The average molecular weight is 442 g/mol. The minimum absolute atomic E-state index is 0.0334. The van der Waals surface area contributed by atoms with Gasteiger partial charge >= 0.3 is 0 Å². The van der Waals surface area contributed by atoms with E-state index in [2.05, 4.69) is 9.80 Å². The Kier molecular flexibility index (Phi) is 7.15. The number of benzene rings is 2.